The average Bonchev–Trinajstić information content (AvgIpc) is 2.88. The number of unbranched alkanes of at least 4 members (excludes halogenated alkanes) is 1. The Bertz CT molecular complexity index is 583. The molecule has 0 radical (unpaired) electrons. The Labute approximate surface area is 127 Å². The maximum atomic E-state index is 11.5. The molecule has 1 heterocycles. The first kappa shape index (κ1) is 15.8. The Morgan fingerprint density at radius 1 is 1.09 bits per heavy atom. The number of carboxylic acid groups (broad SMARTS) is 2. The van der Waals surface area contributed by atoms with Gasteiger partial charge in [0.25, 0.3) is 5.76 Å². The summed E-state index contributed by atoms with van der Waals surface area (Å²) in [5.74, 6) is -3.29. The molecule has 1 aliphatic heterocycles. The van der Waals surface area contributed by atoms with E-state index in [0.29, 0.717) is 24.9 Å². The molecule has 7 nitrogen and oxygen atoms in total. The third kappa shape index (κ3) is 3.20. The van der Waals surface area contributed by atoms with Gasteiger partial charge in [0.1, 0.15) is 11.6 Å². The van der Waals surface area contributed by atoms with Gasteiger partial charge in [0.2, 0.25) is 0 Å². The van der Waals surface area contributed by atoms with Gasteiger partial charge >= 0.3 is 11.9 Å². The van der Waals surface area contributed by atoms with Gasteiger partial charge in [-0.1, -0.05) is 18.2 Å². The number of aliphatic hydroxyl groups is 1. The fourth-order valence-corrected chi connectivity index (χ4v) is 2.39. The van der Waals surface area contributed by atoms with Crippen molar-refractivity contribution < 1.29 is 29.7 Å². The van der Waals surface area contributed by atoms with Crippen molar-refractivity contribution in [3.63, 3.8) is 0 Å². The maximum absolute atomic E-state index is 11.5. The third-order valence-corrected chi connectivity index (χ3v) is 3.37. The van der Waals surface area contributed by atoms with Crippen LogP contribution >= 0.6 is 0 Å². The summed E-state index contributed by atoms with van der Waals surface area (Å²) in [5, 5.41) is 28.7. The van der Waals surface area contributed by atoms with E-state index in [1.165, 1.54) is 5.06 Å². The van der Waals surface area contributed by atoms with Gasteiger partial charge in [-0.2, -0.15) is 0 Å². The van der Waals surface area contributed by atoms with Crippen molar-refractivity contribution in [3.05, 3.63) is 41.7 Å². The topological polar surface area (TPSA) is 107 Å². The zero-order valence-corrected chi connectivity index (χ0v) is 11.8. The van der Waals surface area contributed by atoms with E-state index in [2.05, 4.69) is 0 Å². The fourth-order valence-electron chi connectivity index (χ4n) is 2.39. The number of nitrogens with zero attached hydrogens (tertiary/aromatic N) is 1. The van der Waals surface area contributed by atoms with Crippen LogP contribution in [0.1, 0.15) is 19.3 Å². The Kier molecular flexibility index (Phi) is 5.00. The lowest BCUT2D eigenvalue weighted by atomic mass is 10.00. The fraction of sp³-hybridized carbons (Fsp3) is 0.333. The largest absolute Gasteiger partial charge is 0.478 e. The highest BCUT2D eigenvalue weighted by Gasteiger charge is 2.42. The van der Waals surface area contributed by atoms with Crippen LogP contribution in [0.4, 0.5) is 5.69 Å². The molecule has 2 rings (SSSR count). The number of aliphatic hydroxyl groups excluding tert-OH is 1. The van der Waals surface area contributed by atoms with E-state index in [4.69, 9.17) is 9.94 Å². The number of hydrogen-bond donors (Lipinski definition) is 3. The summed E-state index contributed by atoms with van der Waals surface area (Å²) in [7, 11) is 0. The minimum atomic E-state index is -1.41. The number of hydrogen-bond acceptors (Lipinski definition) is 5. The number of aliphatic carboxylic acids is 2. The Morgan fingerprint density at radius 2 is 1.77 bits per heavy atom. The molecule has 0 saturated heterocycles. The van der Waals surface area contributed by atoms with Gasteiger partial charge in [-0.25, -0.2) is 14.7 Å². The highest BCUT2D eigenvalue weighted by Crippen LogP contribution is 2.34. The van der Waals surface area contributed by atoms with Crippen LogP contribution in [0.5, 0.6) is 0 Å². The summed E-state index contributed by atoms with van der Waals surface area (Å²) in [6.07, 6.45) is 1.43. The molecule has 118 valence electrons. The van der Waals surface area contributed by atoms with Gasteiger partial charge in [-0.15, -0.1) is 0 Å². The number of carboxylic acids is 2. The van der Waals surface area contributed by atoms with Crippen molar-refractivity contribution in [1.82, 2.24) is 0 Å². The van der Waals surface area contributed by atoms with Crippen LogP contribution in [-0.2, 0) is 14.4 Å². The molecule has 7 heteroatoms. The Morgan fingerprint density at radius 3 is 2.32 bits per heavy atom. The summed E-state index contributed by atoms with van der Waals surface area (Å²) in [6.45, 7) is -0.00315. The molecule has 0 fully saturated rings. The van der Waals surface area contributed by atoms with E-state index in [0.717, 1.165) is 0 Å². The quantitative estimate of drug-likeness (QED) is 0.653. The van der Waals surface area contributed by atoms with Crippen molar-refractivity contribution in [3.8, 4) is 0 Å². The summed E-state index contributed by atoms with van der Waals surface area (Å²) in [5.41, 5.74) is 0.306. The van der Waals surface area contributed by atoms with Gasteiger partial charge < -0.3 is 20.2 Å². The van der Waals surface area contributed by atoms with Crippen LogP contribution in [0.15, 0.2) is 41.7 Å². The maximum Gasteiger partial charge on any atom is 0.375 e. The number of carbonyl (C=O) groups is 2. The second kappa shape index (κ2) is 6.95. The van der Waals surface area contributed by atoms with Crippen LogP contribution in [0.2, 0.25) is 0 Å². The van der Waals surface area contributed by atoms with Crippen LogP contribution < -0.4 is 5.06 Å². The first-order valence-corrected chi connectivity index (χ1v) is 6.90. The molecule has 0 bridgehead atoms. The Hall–Kier alpha value is -2.54. The second-order valence-corrected chi connectivity index (χ2v) is 4.84. The zero-order valence-electron chi connectivity index (χ0n) is 11.8. The minimum absolute atomic E-state index is 0.00315. The predicted molar refractivity (Wildman–Crippen MR) is 77.0 cm³/mol. The van der Waals surface area contributed by atoms with Crippen molar-refractivity contribution in [1.29, 1.82) is 0 Å². The van der Waals surface area contributed by atoms with Gasteiger partial charge in [-0.3, -0.25) is 0 Å². The molecular weight excluding hydrogens is 290 g/mol. The average molecular weight is 307 g/mol. The Balaban J connectivity index is 2.35. The van der Waals surface area contributed by atoms with Gasteiger partial charge in [0.05, 0.1) is 5.69 Å². The number of anilines is 1. The SMILES string of the molecule is O=C(O)C1=C(C(=O)O)[C@@H](CCCCO)N(c2ccccc2)O1. The normalized spacial score (nSPS) is 17.5. The van der Waals surface area contributed by atoms with Crippen LogP contribution in [0.25, 0.3) is 0 Å². The molecule has 0 aliphatic carbocycles. The van der Waals surface area contributed by atoms with Crippen molar-refractivity contribution >= 4 is 17.6 Å². The van der Waals surface area contributed by atoms with Crippen LogP contribution in [-0.4, -0.2) is 39.9 Å². The summed E-state index contributed by atoms with van der Waals surface area (Å²) < 4.78 is 0. The zero-order chi connectivity index (χ0) is 16.1. The number of rotatable bonds is 7. The molecule has 0 saturated carbocycles. The van der Waals surface area contributed by atoms with E-state index >= 15 is 0 Å². The van der Waals surface area contributed by atoms with Crippen LogP contribution in [0.3, 0.4) is 0 Å². The lowest BCUT2D eigenvalue weighted by Crippen LogP contribution is -2.32. The first-order chi connectivity index (χ1) is 10.6. The first-order valence-electron chi connectivity index (χ1n) is 6.90. The molecule has 0 unspecified atom stereocenters. The summed E-state index contributed by atoms with van der Waals surface area (Å²) >= 11 is 0. The molecular formula is C15H17NO6. The van der Waals surface area contributed by atoms with E-state index in [-0.39, 0.29) is 12.2 Å². The molecule has 0 spiro atoms. The summed E-state index contributed by atoms with van der Waals surface area (Å²) in [4.78, 5) is 28.0. The lowest BCUT2D eigenvalue weighted by molar-refractivity contribution is -0.138. The molecule has 22 heavy (non-hydrogen) atoms. The lowest BCUT2D eigenvalue weighted by Gasteiger charge is -2.25. The van der Waals surface area contributed by atoms with Crippen molar-refractivity contribution in [2.24, 2.45) is 0 Å². The van der Waals surface area contributed by atoms with Crippen LogP contribution in [0, 0.1) is 0 Å². The molecule has 0 amide bonds. The highest BCUT2D eigenvalue weighted by molar-refractivity contribution is 6.00. The van der Waals surface area contributed by atoms with Gasteiger partial charge in [-0.05, 0) is 31.4 Å². The van der Waals surface area contributed by atoms with E-state index < -0.39 is 23.7 Å². The monoisotopic (exact) mass is 307 g/mol. The van der Waals surface area contributed by atoms with Gasteiger partial charge in [0.15, 0.2) is 0 Å². The van der Waals surface area contributed by atoms with E-state index in [9.17, 15) is 19.8 Å². The number of para-hydroxylation sites is 1. The van der Waals surface area contributed by atoms with E-state index in [1.807, 2.05) is 0 Å². The smallest absolute Gasteiger partial charge is 0.375 e. The number of benzene rings is 1. The minimum Gasteiger partial charge on any atom is -0.478 e. The summed E-state index contributed by atoms with van der Waals surface area (Å²) in [6, 6.07) is 8.01. The predicted octanol–water partition coefficient (Wildman–Crippen LogP) is 1.39. The van der Waals surface area contributed by atoms with Crippen molar-refractivity contribution in [2.45, 2.75) is 25.3 Å². The number of hydroxylamine groups is 1. The molecule has 1 aliphatic rings. The molecule has 1 aromatic carbocycles. The standard InChI is InChI=1S/C15H17NO6/c17-9-5-4-8-11-12(14(18)19)13(15(20)21)22-16(11)10-6-2-1-3-7-10/h1-3,6-7,11,17H,4-5,8-9H2,(H,18,19)(H,20,21)/t11-/m1/s1. The molecule has 3 N–H and O–H groups in total. The second-order valence-electron chi connectivity index (χ2n) is 4.84. The molecule has 0 aromatic heterocycles. The highest BCUT2D eigenvalue weighted by atomic mass is 16.7. The van der Waals surface area contributed by atoms with Gasteiger partial charge in [0, 0.05) is 6.61 Å². The van der Waals surface area contributed by atoms with E-state index in [1.54, 1.807) is 30.3 Å². The van der Waals surface area contributed by atoms with Crippen molar-refractivity contribution in [2.75, 3.05) is 11.7 Å². The molecule has 1 aromatic rings. The third-order valence-electron chi connectivity index (χ3n) is 3.37. The molecule has 1 atom stereocenters.